The van der Waals surface area contributed by atoms with Gasteiger partial charge in [0.15, 0.2) is 0 Å². The number of aliphatic hydroxyl groups excluding tert-OH is 1. The van der Waals surface area contributed by atoms with Crippen molar-refractivity contribution in [2.75, 3.05) is 33.3 Å². The predicted octanol–water partition coefficient (Wildman–Crippen LogP) is 1.92. The zero-order valence-corrected chi connectivity index (χ0v) is 16.8. The van der Waals surface area contributed by atoms with Crippen LogP contribution in [-0.2, 0) is 10.0 Å². The first-order chi connectivity index (χ1) is 12.3. The van der Waals surface area contributed by atoms with Gasteiger partial charge in [0.1, 0.15) is 10.6 Å². The summed E-state index contributed by atoms with van der Waals surface area (Å²) in [6.45, 7) is 6.60. The molecule has 2 heterocycles. The van der Waals surface area contributed by atoms with Gasteiger partial charge in [-0.1, -0.05) is 0 Å². The predicted molar refractivity (Wildman–Crippen MR) is 101 cm³/mol. The normalized spacial score (nSPS) is 23.9. The molecule has 0 bridgehead atoms. The SMILES string of the molecule is COc1cc(C)c(C)cc1S(=O)(=O)N1CCC(N2CCCC(O)C2)CC1. The minimum Gasteiger partial charge on any atom is -0.495 e. The fourth-order valence-electron chi connectivity index (χ4n) is 4.03. The van der Waals surface area contributed by atoms with Gasteiger partial charge in [-0.25, -0.2) is 8.42 Å². The number of aliphatic hydroxyl groups is 1. The molecule has 6 nitrogen and oxygen atoms in total. The Morgan fingerprint density at radius 2 is 1.73 bits per heavy atom. The van der Waals surface area contributed by atoms with E-state index in [1.54, 1.807) is 16.4 Å². The lowest BCUT2D eigenvalue weighted by molar-refractivity contribution is 0.0326. The maximum atomic E-state index is 13.2. The quantitative estimate of drug-likeness (QED) is 0.862. The van der Waals surface area contributed by atoms with Crippen molar-refractivity contribution in [3.63, 3.8) is 0 Å². The first-order valence-corrected chi connectivity index (χ1v) is 10.8. The third-order valence-corrected chi connectivity index (χ3v) is 7.69. The van der Waals surface area contributed by atoms with Gasteiger partial charge in [-0.2, -0.15) is 4.31 Å². The van der Waals surface area contributed by atoms with E-state index in [2.05, 4.69) is 4.90 Å². The van der Waals surface area contributed by atoms with Crippen molar-refractivity contribution in [3.05, 3.63) is 23.3 Å². The van der Waals surface area contributed by atoms with E-state index in [0.29, 0.717) is 31.4 Å². The van der Waals surface area contributed by atoms with Crippen LogP contribution in [0.1, 0.15) is 36.8 Å². The van der Waals surface area contributed by atoms with Gasteiger partial charge in [0, 0.05) is 25.7 Å². The van der Waals surface area contributed by atoms with Gasteiger partial charge in [0.25, 0.3) is 0 Å². The Balaban J connectivity index is 1.73. The van der Waals surface area contributed by atoms with E-state index in [4.69, 9.17) is 4.74 Å². The Morgan fingerprint density at radius 1 is 1.08 bits per heavy atom. The van der Waals surface area contributed by atoms with Crippen LogP contribution in [0.5, 0.6) is 5.75 Å². The number of rotatable bonds is 4. The van der Waals surface area contributed by atoms with E-state index in [0.717, 1.165) is 43.4 Å². The van der Waals surface area contributed by atoms with Crippen LogP contribution < -0.4 is 4.74 Å². The van der Waals surface area contributed by atoms with Crippen molar-refractivity contribution < 1.29 is 18.3 Å². The molecule has 2 fully saturated rings. The van der Waals surface area contributed by atoms with Gasteiger partial charge in [0.05, 0.1) is 13.2 Å². The van der Waals surface area contributed by atoms with Crippen molar-refractivity contribution in [1.82, 2.24) is 9.21 Å². The average Bonchev–Trinajstić information content (AvgIpc) is 2.63. The number of aryl methyl sites for hydroxylation is 2. The van der Waals surface area contributed by atoms with E-state index >= 15 is 0 Å². The largest absolute Gasteiger partial charge is 0.495 e. The minimum absolute atomic E-state index is 0.245. The lowest BCUT2D eigenvalue weighted by Crippen LogP contribution is -2.50. The van der Waals surface area contributed by atoms with E-state index in [9.17, 15) is 13.5 Å². The van der Waals surface area contributed by atoms with Crippen molar-refractivity contribution in [3.8, 4) is 5.75 Å². The van der Waals surface area contributed by atoms with Crippen molar-refractivity contribution in [1.29, 1.82) is 0 Å². The number of nitrogens with zero attached hydrogens (tertiary/aromatic N) is 2. The molecule has 0 spiro atoms. The van der Waals surface area contributed by atoms with Gasteiger partial charge in [-0.15, -0.1) is 0 Å². The standard InChI is InChI=1S/C19H30N2O4S/c1-14-11-18(25-3)19(12-15(14)2)26(23,24)21-9-6-16(7-10-21)20-8-4-5-17(22)13-20/h11-12,16-17,22H,4-10,13H2,1-3H3. The summed E-state index contributed by atoms with van der Waals surface area (Å²) in [6, 6.07) is 3.87. The van der Waals surface area contributed by atoms with Crippen molar-refractivity contribution >= 4 is 10.0 Å². The molecule has 1 N–H and O–H groups in total. The molecular weight excluding hydrogens is 352 g/mol. The number of methoxy groups -OCH3 is 1. The van der Waals surface area contributed by atoms with Gasteiger partial charge in [0.2, 0.25) is 10.0 Å². The number of hydrogen-bond donors (Lipinski definition) is 1. The first-order valence-electron chi connectivity index (χ1n) is 9.40. The molecule has 3 rings (SSSR count). The second-order valence-corrected chi connectivity index (χ2v) is 9.42. The maximum Gasteiger partial charge on any atom is 0.246 e. The third-order valence-electron chi connectivity index (χ3n) is 5.77. The molecule has 0 radical (unpaired) electrons. The van der Waals surface area contributed by atoms with Crippen LogP contribution in [-0.4, -0.2) is 68.2 Å². The zero-order chi connectivity index (χ0) is 18.9. The molecule has 0 aromatic heterocycles. The van der Waals surface area contributed by atoms with E-state index < -0.39 is 10.0 Å². The number of β-amino-alcohol motifs (C(OH)–C–C–N with tert-alkyl or cyclic N) is 1. The molecule has 0 aliphatic carbocycles. The second kappa shape index (κ2) is 7.84. The topological polar surface area (TPSA) is 70.1 Å². The minimum atomic E-state index is -3.57. The van der Waals surface area contributed by atoms with Gasteiger partial charge in [-0.05, 0) is 69.3 Å². The number of piperidine rings is 2. The monoisotopic (exact) mass is 382 g/mol. The summed E-state index contributed by atoms with van der Waals surface area (Å²) in [6.07, 6.45) is 3.25. The van der Waals surface area contributed by atoms with Crippen LogP contribution in [0.3, 0.4) is 0 Å². The molecule has 0 saturated carbocycles. The van der Waals surface area contributed by atoms with E-state index in [1.807, 2.05) is 13.8 Å². The van der Waals surface area contributed by atoms with E-state index in [-0.39, 0.29) is 11.0 Å². The maximum absolute atomic E-state index is 13.2. The molecule has 2 aliphatic heterocycles. The summed E-state index contributed by atoms with van der Waals surface area (Å²) in [5, 5.41) is 9.88. The van der Waals surface area contributed by atoms with Crippen LogP contribution in [0, 0.1) is 13.8 Å². The molecule has 1 atom stereocenters. The lowest BCUT2D eigenvalue weighted by atomic mass is 10.00. The highest BCUT2D eigenvalue weighted by molar-refractivity contribution is 7.89. The highest BCUT2D eigenvalue weighted by Crippen LogP contribution is 2.32. The highest BCUT2D eigenvalue weighted by atomic mass is 32.2. The molecule has 2 saturated heterocycles. The fraction of sp³-hybridized carbons (Fsp3) is 0.684. The summed E-state index contributed by atoms with van der Waals surface area (Å²) in [7, 11) is -2.06. The number of ether oxygens (including phenoxy) is 1. The van der Waals surface area contributed by atoms with Crippen LogP contribution in [0.25, 0.3) is 0 Å². The van der Waals surface area contributed by atoms with Crippen LogP contribution in [0.4, 0.5) is 0 Å². The molecule has 2 aliphatic rings. The molecule has 7 heteroatoms. The molecule has 1 aromatic carbocycles. The number of likely N-dealkylation sites (tertiary alicyclic amines) is 1. The second-order valence-electron chi connectivity index (χ2n) is 7.51. The molecular formula is C19H30N2O4S. The van der Waals surface area contributed by atoms with Crippen molar-refractivity contribution in [2.45, 2.75) is 56.6 Å². The van der Waals surface area contributed by atoms with Gasteiger partial charge < -0.3 is 9.84 Å². The first kappa shape index (κ1) is 19.6. The smallest absolute Gasteiger partial charge is 0.246 e. The Bertz CT molecular complexity index is 742. The van der Waals surface area contributed by atoms with E-state index in [1.165, 1.54) is 7.11 Å². The molecule has 1 unspecified atom stereocenters. The molecule has 146 valence electrons. The lowest BCUT2D eigenvalue weighted by Gasteiger charge is -2.41. The van der Waals surface area contributed by atoms with Crippen LogP contribution >= 0.6 is 0 Å². The van der Waals surface area contributed by atoms with Crippen LogP contribution in [0.2, 0.25) is 0 Å². The number of benzene rings is 1. The van der Waals surface area contributed by atoms with Crippen molar-refractivity contribution in [2.24, 2.45) is 0 Å². The summed E-state index contributed by atoms with van der Waals surface area (Å²) >= 11 is 0. The Kier molecular flexibility index (Phi) is 5.91. The summed E-state index contributed by atoms with van der Waals surface area (Å²) in [4.78, 5) is 2.59. The molecule has 1 aromatic rings. The summed E-state index contributed by atoms with van der Waals surface area (Å²) < 4.78 is 33.2. The molecule has 26 heavy (non-hydrogen) atoms. The van der Waals surface area contributed by atoms with Gasteiger partial charge >= 0.3 is 0 Å². The highest BCUT2D eigenvalue weighted by Gasteiger charge is 2.34. The fourth-order valence-corrected chi connectivity index (χ4v) is 5.72. The number of hydrogen-bond acceptors (Lipinski definition) is 5. The average molecular weight is 383 g/mol. The van der Waals surface area contributed by atoms with Crippen LogP contribution in [0.15, 0.2) is 17.0 Å². The number of sulfonamides is 1. The Morgan fingerprint density at radius 3 is 2.35 bits per heavy atom. The van der Waals surface area contributed by atoms with Gasteiger partial charge in [-0.3, -0.25) is 4.90 Å². The molecule has 0 amide bonds. The Hall–Kier alpha value is -1.15. The Labute approximate surface area is 156 Å². The third kappa shape index (κ3) is 3.91. The zero-order valence-electron chi connectivity index (χ0n) is 15.9. The summed E-state index contributed by atoms with van der Waals surface area (Å²) in [5.74, 6) is 0.411. The summed E-state index contributed by atoms with van der Waals surface area (Å²) in [5.41, 5.74) is 1.96.